The number of ether oxygens (including phenoxy) is 1. The lowest BCUT2D eigenvalue weighted by Gasteiger charge is -2.38. The van der Waals surface area contributed by atoms with Crippen LogP contribution in [0.25, 0.3) is 0 Å². The van der Waals surface area contributed by atoms with E-state index in [4.69, 9.17) is 4.74 Å². The van der Waals surface area contributed by atoms with Crippen molar-refractivity contribution in [2.24, 2.45) is 5.92 Å². The lowest BCUT2D eigenvalue weighted by atomic mass is 9.99. The van der Waals surface area contributed by atoms with Crippen molar-refractivity contribution < 1.29 is 35.9 Å². The van der Waals surface area contributed by atoms with Crippen molar-refractivity contribution in [2.45, 2.75) is 30.9 Å². The summed E-state index contributed by atoms with van der Waals surface area (Å²) in [5.41, 5.74) is 0.232. The van der Waals surface area contributed by atoms with Crippen LogP contribution in [0.3, 0.4) is 0 Å². The van der Waals surface area contributed by atoms with E-state index in [0.29, 0.717) is 0 Å². The standard InChI is InChI=1S/C23H30FN3O7S2/c1-15-12-27(16(2)14-28)23(29)20-11-18(25-35(4,30)31)7-10-21(20)34-22(15)13-26(3)36(32,33)19-8-5-17(24)6-9-19/h5-11,15-16,22,25,28H,12-14H2,1-4H3/t15-,16+,22-/m0/s1. The first kappa shape index (κ1) is 27.8. The minimum Gasteiger partial charge on any atom is -0.488 e. The van der Waals surface area contributed by atoms with Crippen molar-refractivity contribution in [2.75, 3.05) is 37.7 Å². The van der Waals surface area contributed by atoms with Gasteiger partial charge >= 0.3 is 0 Å². The van der Waals surface area contributed by atoms with E-state index in [1.54, 1.807) is 13.8 Å². The zero-order valence-electron chi connectivity index (χ0n) is 20.4. The van der Waals surface area contributed by atoms with Crippen LogP contribution in [0.15, 0.2) is 47.4 Å². The second-order valence-corrected chi connectivity index (χ2v) is 12.7. The zero-order valence-corrected chi connectivity index (χ0v) is 22.0. The molecule has 0 aromatic heterocycles. The number of carbonyl (C=O) groups is 1. The molecule has 2 aromatic carbocycles. The fourth-order valence-electron chi connectivity index (χ4n) is 3.86. The van der Waals surface area contributed by atoms with Gasteiger partial charge in [0.25, 0.3) is 5.91 Å². The van der Waals surface area contributed by atoms with Crippen LogP contribution < -0.4 is 9.46 Å². The number of carbonyl (C=O) groups excluding carboxylic acids is 1. The molecule has 0 spiro atoms. The van der Waals surface area contributed by atoms with Gasteiger partial charge in [0.2, 0.25) is 20.0 Å². The predicted octanol–water partition coefficient (Wildman–Crippen LogP) is 1.74. The SMILES string of the molecule is C[C@H](CO)N1C[C@H](C)[C@H](CN(C)S(=O)(=O)c2ccc(F)cc2)Oc2ccc(NS(C)(=O)=O)cc2C1=O. The van der Waals surface area contributed by atoms with Gasteiger partial charge in [-0.25, -0.2) is 21.2 Å². The summed E-state index contributed by atoms with van der Waals surface area (Å²) < 4.78 is 72.3. The zero-order chi connectivity index (χ0) is 26.8. The number of nitrogens with zero attached hydrogens (tertiary/aromatic N) is 2. The lowest BCUT2D eigenvalue weighted by Crippen LogP contribution is -2.50. The third-order valence-corrected chi connectivity index (χ3v) is 8.37. The van der Waals surface area contributed by atoms with E-state index in [1.807, 2.05) is 0 Å². The van der Waals surface area contributed by atoms with E-state index in [0.717, 1.165) is 22.7 Å². The van der Waals surface area contributed by atoms with Gasteiger partial charge in [0.1, 0.15) is 17.7 Å². The summed E-state index contributed by atoms with van der Waals surface area (Å²) in [6.07, 6.45) is 0.274. The summed E-state index contributed by atoms with van der Waals surface area (Å²) in [6, 6.07) is 8.16. The highest BCUT2D eigenvalue weighted by molar-refractivity contribution is 7.92. The maximum atomic E-state index is 13.4. The van der Waals surface area contributed by atoms with E-state index in [1.165, 1.54) is 42.3 Å². The molecule has 1 aliphatic heterocycles. The van der Waals surface area contributed by atoms with E-state index in [9.17, 15) is 31.1 Å². The van der Waals surface area contributed by atoms with Crippen LogP contribution in [-0.2, 0) is 20.0 Å². The van der Waals surface area contributed by atoms with Gasteiger partial charge in [-0.15, -0.1) is 0 Å². The summed E-state index contributed by atoms with van der Waals surface area (Å²) in [5, 5.41) is 9.74. The Morgan fingerprint density at radius 2 is 1.83 bits per heavy atom. The molecule has 0 bridgehead atoms. The second-order valence-electron chi connectivity index (χ2n) is 8.95. The number of nitrogens with one attached hydrogen (secondary N) is 1. The van der Waals surface area contributed by atoms with Crippen LogP contribution in [0.5, 0.6) is 5.75 Å². The van der Waals surface area contributed by atoms with Crippen LogP contribution in [0.1, 0.15) is 24.2 Å². The van der Waals surface area contributed by atoms with Gasteiger partial charge in [-0.3, -0.25) is 9.52 Å². The molecule has 1 aliphatic rings. The number of anilines is 1. The first-order chi connectivity index (χ1) is 16.7. The molecule has 0 unspecified atom stereocenters. The topological polar surface area (TPSA) is 133 Å². The Morgan fingerprint density at radius 3 is 2.42 bits per heavy atom. The minimum atomic E-state index is -3.96. The van der Waals surface area contributed by atoms with Crippen LogP contribution in [0, 0.1) is 11.7 Å². The number of sulfonamides is 2. The Morgan fingerprint density at radius 1 is 1.19 bits per heavy atom. The van der Waals surface area contributed by atoms with Gasteiger partial charge in [0, 0.05) is 25.2 Å². The average Bonchev–Trinajstić information content (AvgIpc) is 2.80. The van der Waals surface area contributed by atoms with Gasteiger partial charge in [-0.05, 0) is 49.4 Å². The number of hydrogen-bond acceptors (Lipinski definition) is 7. The summed E-state index contributed by atoms with van der Waals surface area (Å²) in [5.74, 6) is -1.21. The third kappa shape index (κ3) is 6.33. The van der Waals surface area contributed by atoms with Crippen molar-refractivity contribution in [3.05, 3.63) is 53.8 Å². The number of amides is 1. The van der Waals surface area contributed by atoms with Crippen molar-refractivity contribution in [3.8, 4) is 5.75 Å². The molecule has 198 valence electrons. The summed E-state index contributed by atoms with van der Waals surface area (Å²) >= 11 is 0. The Balaban J connectivity index is 1.99. The highest BCUT2D eigenvalue weighted by atomic mass is 32.2. The van der Waals surface area contributed by atoms with Crippen LogP contribution in [-0.4, -0.2) is 82.2 Å². The lowest BCUT2D eigenvalue weighted by molar-refractivity contribution is 0.0387. The fraction of sp³-hybridized carbons (Fsp3) is 0.435. The Kier molecular flexibility index (Phi) is 8.28. The van der Waals surface area contributed by atoms with Crippen LogP contribution >= 0.6 is 0 Å². The average molecular weight is 544 g/mol. The molecule has 0 saturated carbocycles. The normalized spacial score (nSPS) is 19.8. The quantitative estimate of drug-likeness (QED) is 0.518. The van der Waals surface area contributed by atoms with Gasteiger partial charge in [0.15, 0.2) is 0 Å². The minimum absolute atomic E-state index is 0.0740. The van der Waals surface area contributed by atoms with Crippen LogP contribution in [0.4, 0.5) is 10.1 Å². The number of rotatable bonds is 8. The van der Waals surface area contributed by atoms with Crippen molar-refractivity contribution in [1.82, 2.24) is 9.21 Å². The highest BCUT2D eigenvalue weighted by Crippen LogP contribution is 2.31. The second kappa shape index (κ2) is 10.7. The summed E-state index contributed by atoms with van der Waals surface area (Å²) in [4.78, 5) is 14.8. The van der Waals surface area contributed by atoms with Gasteiger partial charge < -0.3 is 14.7 Å². The molecule has 0 saturated heterocycles. The first-order valence-electron chi connectivity index (χ1n) is 11.1. The molecule has 3 atom stereocenters. The van der Waals surface area contributed by atoms with Crippen molar-refractivity contribution in [3.63, 3.8) is 0 Å². The molecule has 2 aromatic rings. The van der Waals surface area contributed by atoms with E-state index in [-0.39, 0.29) is 47.5 Å². The number of aliphatic hydroxyl groups excluding tert-OH is 1. The number of benzene rings is 2. The predicted molar refractivity (Wildman–Crippen MR) is 132 cm³/mol. The summed E-state index contributed by atoms with van der Waals surface area (Å²) in [6.45, 7) is 3.24. The maximum absolute atomic E-state index is 13.4. The molecule has 2 N–H and O–H groups in total. The molecule has 0 fully saturated rings. The fourth-order valence-corrected chi connectivity index (χ4v) is 5.59. The van der Waals surface area contributed by atoms with Crippen molar-refractivity contribution >= 4 is 31.6 Å². The molecule has 13 heteroatoms. The molecule has 0 radical (unpaired) electrons. The molecule has 1 heterocycles. The molecular formula is C23H30FN3O7S2. The van der Waals surface area contributed by atoms with E-state index < -0.39 is 43.9 Å². The molecule has 3 rings (SSSR count). The molecule has 1 amide bonds. The smallest absolute Gasteiger partial charge is 0.258 e. The number of aliphatic hydroxyl groups is 1. The highest BCUT2D eigenvalue weighted by Gasteiger charge is 2.35. The largest absolute Gasteiger partial charge is 0.488 e. The molecule has 0 aliphatic carbocycles. The molecule has 36 heavy (non-hydrogen) atoms. The van der Waals surface area contributed by atoms with E-state index >= 15 is 0 Å². The molecule has 10 nitrogen and oxygen atoms in total. The van der Waals surface area contributed by atoms with Crippen LogP contribution in [0.2, 0.25) is 0 Å². The van der Waals surface area contributed by atoms with Gasteiger partial charge in [-0.1, -0.05) is 6.92 Å². The Labute approximate surface area is 210 Å². The van der Waals surface area contributed by atoms with Gasteiger partial charge in [0.05, 0.1) is 35.9 Å². The van der Waals surface area contributed by atoms with Crippen molar-refractivity contribution in [1.29, 1.82) is 0 Å². The van der Waals surface area contributed by atoms with E-state index in [2.05, 4.69) is 4.72 Å². The Bertz CT molecular complexity index is 1320. The number of halogens is 1. The number of likely N-dealkylation sites (N-methyl/N-ethyl adjacent to an activating group) is 1. The monoisotopic (exact) mass is 543 g/mol. The van der Waals surface area contributed by atoms with Gasteiger partial charge in [-0.2, -0.15) is 4.31 Å². The maximum Gasteiger partial charge on any atom is 0.258 e. The number of hydrogen-bond donors (Lipinski definition) is 2. The molecular weight excluding hydrogens is 513 g/mol. The number of fused-ring (bicyclic) bond motifs is 1. The third-order valence-electron chi connectivity index (χ3n) is 5.93. The Hall–Kier alpha value is -2.74. The summed E-state index contributed by atoms with van der Waals surface area (Å²) in [7, 11) is -6.18. The first-order valence-corrected chi connectivity index (χ1v) is 14.5.